The van der Waals surface area contributed by atoms with Crippen LogP contribution in [0.4, 0.5) is 5.82 Å². The molecule has 0 unspecified atom stereocenters. The van der Waals surface area contributed by atoms with E-state index in [4.69, 9.17) is 16.2 Å². The summed E-state index contributed by atoms with van der Waals surface area (Å²) >= 11 is 0. The second-order valence-corrected chi connectivity index (χ2v) is 4.62. The van der Waals surface area contributed by atoms with Crippen LogP contribution in [0.2, 0.25) is 0 Å². The summed E-state index contributed by atoms with van der Waals surface area (Å²) in [5.41, 5.74) is 12.7. The van der Waals surface area contributed by atoms with Crippen LogP contribution in [-0.4, -0.2) is 16.5 Å². The fourth-order valence-electron chi connectivity index (χ4n) is 1.81. The van der Waals surface area contributed by atoms with E-state index < -0.39 is 5.91 Å². The maximum atomic E-state index is 11.1. The van der Waals surface area contributed by atoms with E-state index in [1.807, 2.05) is 13.8 Å². The van der Waals surface area contributed by atoms with Crippen molar-refractivity contribution in [1.29, 1.82) is 0 Å². The number of pyridine rings is 1. The van der Waals surface area contributed by atoms with E-state index in [1.54, 1.807) is 6.07 Å². The van der Waals surface area contributed by atoms with Gasteiger partial charge in [-0.15, -0.1) is 0 Å². The number of carbonyl (C=O) groups is 1. The third kappa shape index (κ3) is 1.86. The van der Waals surface area contributed by atoms with Gasteiger partial charge in [-0.1, -0.05) is 0 Å². The van der Waals surface area contributed by atoms with E-state index in [1.165, 1.54) is 0 Å². The summed E-state index contributed by atoms with van der Waals surface area (Å²) in [6, 6.07) is 1.68. The second-order valence-electron chi connectivity index (χ2n) is 4.62. The minimum Gasteiger partial charge on any atom is -0.383 e. The maximum absolute atomic E-state index is 11.1. The molecule has 16 heavy (non-hydrogen) atoms. The van der Waals surface area contributed by atoms with Gasteiger partial charge < -0.3 is 16.2 Å². The van der Waals surface area contributed by atoms with Crippen LogP contribution >= 0.6 is 0 Å². The Kier molecular flexibility index (Phi) is 2.35. The van der Waals surface area contributed by atoms with Gasteiger partial charge in [0.2, 0.25) is 0 Å². The van der Waals surface area contributed by atoms with Crippen LogP contribution in [0.1, 0.15) is 35.5 Å². The molecule has 4 N–H and O–H groups in total. The molecule has 0 aromatic carbocycles. The first-order valence-electron chi connectivity index (χ1n) is 5.11. The Hall–Kier alpha value is -1.62. The lowest BCUT2D eigenvalue weighted by Gasteiger charge is -2.31. The standard InChI is InChI=1S/C11H15N3O2/c1-11(2)4-8-6(5-16-11)3-7(10(13)15)9(12)14-8/h3H,4-5H2,1-2H3,(H2,12,14)(H2,13,15). The molecule has 0 spiro atoms. The summed E-state index contributed by atoms with van der Waals surface area (Å²) in [6.45, 7) is 4.43. The number of nitrogen functional groups attached to an aromatic ring is 1. The highest BCUT2D eigenvalue weighted by atomic mass is 16.5. The number of ether oxygens (including phenoxy) is 1. The number of hydrogen-bond acceptors (Lipinski definition) is 4. The first kappa shape index (κ1) is 10.9. The summed E-state index contributed by atoms with van der Waals surface area (Å²) in [4.78, 5) is 15.3. The minimum atomic E-state index is -0.558. The predicted molar refractivity (Wildman–Crippen MR) is 59.7 cm³/mol. The molecule has 1 aromatic heterocycles. The lowest BCUT2D eigenvalue weighted by Crippen LogP contribution is -2.33. The number of primary amides is 1. The molecule has 0 radical (unpaired) electrons. The van der Waals surface area contributed by atoms with Crippen molar-refractivity contribution in [3.8, 4) is 0 Å². The monoisotopic (exact) mass is 221 g/mol. The molecular weight excluding hydrogens is 206 g/mol. The molecule has 0 atom stereocenters. The van der Waals surface area contributed by atoms with Crippen LogP contribution < -0.4 is 11.5 Å². The van der Waals surface area contributed by atoms with Crippen LogP contribution in [0, 0.1) is 0 Å². The average molecular weight is 221 g/mol. The molecule has 0 saturated carbocycles. The molecule has 0 saturated heterocycles. The molecule has 1 aliphatic heterocycles. The summed E-state index contributed by atoms with van der Waals surface area (Å²) in [5.74, 6) is -0.360. The normalized spacial score (nSPS) is 17.9. The zero-order valence-corrected chi connectivity index (χ0v) is 9.41. The Morgan fingerprint density at radius 2 is 2.25 bits per heavy atom. The van der Waals surface area contributed by atoms with Crippen LogP contribution in [0.15, 0.2) is 6.07 Å². The lowest BCUT2D eigenvalue weighted by atomic mass is 9.95. The van der Waals surface area contributed by atoms with Gasteiger partial charge in [0, 0.05) is 12.0 Å². The molecule has 1 aromatic rings. The maximum Gasteiger partial charge on any atom is 0.252 e. The van der Waals surface area contributed by atoms with Gasteiger partial charge in [-0.05, 0) is 19.9 Å². The van der Waals surface area contributed by atoms with E-state index in [0.29, 0.717) is 13.0 Å². The summed E-state index contributed by atoms with van der Waals surface area (Å²) in [6.07, 6.45) is 0.686. The summed E-state index contributed by atoms with van der Waals surface area (Å²) in [5, 5.41) is 0. The summed E-state index contributed by atoms with van der Waals surface area (Å²) in [7, 11) is 0. The van der Waals surface area contributed by atoms with Crippen LogP contribution in [-0.2, 0) is 17.8 Å². The van der Waals surface area contributed by atoms with Gasteiger partial charge in [0.25, 0.3) is 5.91 Å². The molecule has 0 fully saturated rings. The van der Waals surface area contributed by atoms with E-state index >= 15 is 0 Å². The highest BCUT2D eigenvalue weighted by Gasteiger charge is 2.28. The van der Waals surface area contributed by atoms with Gasteiger partial charge in [-0.3, -0.25) is 4.79 Å². The Labute approximate surface area is 93.8 Å². The zero-order chi connectivity index (χ0) is 11.9. The number of rotatable bonds is 1. The Balaban J connectivity index is 2.46. The van der Waals surface area contributed by atoms with Gasteiger partial charge >= 0.3 is 0 Å². The zero-order valence-electron chi connectivity index (χ0n) is 9.41. The molecule has 0 bridgehead atoms. The van der Waals surface area contributed by atoms with E-state index in [2.05, 4.69) is 4.98 Å². The van der Waals surface area contributed by atoms with E-state index in [9.17, 15) is 4.79 Å². The van der Waals surface area contributed by atoms with Crippen molar-refractivity contribution >= 4 is 11.7 Å². The lowest BCUT2D eigenvalue weighted by molar-refractivity contribution is -0.0412. The number of aromatic nitrogens is 1. The molecule has 5 heteroatoms. The molecule has 86 valence electrons. The van der Waals surface area contributed by atoms with Crippen LogP contribution in [0.25, 0.3) is 0 Å². The number of fused-ring (bicyclic) bond motifs is 1. The fourth-order valence-corrected chi connectivity index (χ4v) is 1.81. The molecule has 2 heterocycles. The molecule has 1 aliphatic rings. The SMILES string of the molecule is CC1(C)Cc2nc(N)c(C(N)=O)cc2CO1. The quantitative estimate of drug-likeness (QED) is 0.727. The van der Waals surface area contributed by atoms with Gasteiger partial charge in [0.05, 0.1) is 23.5 Å². The van der Waals surface area contributed by atoms with Crippen LogP contribution in [0.3, 0.4) is 0 Å². The highest BCUT2D eigenvalue weighted by molar-refractivity contribution is 5.97. The van der Waals surface area contributed by atoms with E-state index in [-0.39, 0.29) is 17.0 Å². The van der Waals surface area contributed by atoms with Crippen molar-refractivity contribution in [3.05, 3.63) is 22.9 Å². The van der Waals surface area contributed by atoms with Gasteiger partial charge in [0.15, 0.2) is 0 Å². The van der Waals surface area contributed by atoms with Crippen molar-refractivity contribution in [3.63, 3.8) is 0 Å². The molecular formula is C11H15N3O2. The number of hydrogen-bond donors (Lipinski definition) is 2. The third-order valence-electron chi connectivity index (χ3n) is 2.70. The minimum absolute atomic E-state index is 0.198. The highest BCUT2D eigenvalue weighted by Crippen LogP contribution is 2.28. The van der Waals surface area contributed by atoms with Gasteiger partial charge in [0.1, 0.15) is 5.82 Å². The van der Waals surface area contributed by atoms with Crippen molar-refractivity contribution in [2.45, 2.75) is 32.5 Å². The molecule has 5 nitrogen and oxygen atoms in total. The third-order valence-corrected chi connectivity index (χ3v) is 2.70. The number of carbonyl (C=O) groups excluding carboxylic acids is 1. The number of anilines is 1. The smallest absolute Gasteiger partial charge is 0.252 e. The topological polar surface area (TPSA) is 91.2 Å². The summed E-state index contributed by atoms with van der Waals surface area (Å²) < 4.78 is 5.63. The van der Waals surface area contributed by atoms with Crippen molar-refractivity contribution < 1.29 is 9.53 Å². The predicted octanol–water partition coefficient (Wildman–Crippen LogP) is 0.614. The van der Waals surface area contributed by atoms with Gasteiger partial charge in [-0.25, -0.2) is 4.98 Å². The first-order chi connectivity index (χ1) is 7.39. The number of amides is 1. The molecule has 2 rings (SSSR count). The fraction of sp³-hybridized carbons (Fsp3) is 0.455. The van der Waals surface area contributed by atoms with Crippen LogP contribution in [0.5, 0.6) is 0 Å². The Morgan fingerprint density at radius 1 is 1.56 bits per heavy atom. The number of nitrogens with two attached hydrogens (primary N) is 2. The average Bonchev–Trinajstić information content (AvgIpc) is 2.14. The largest absolute Gasteiger partial charge is 0.383 e. The second kappa shape index (κ2) is 3.45. The Bertz CT molecular complexity index is 455. The van der Waals surface area contributed by atoms with E-state index in [0.717, 1.165) is 11.3 Å². The van der Waals surface area contributed by atoms with Crippen molar-refractivity contribution in [2.24, 2.45) is 5.73 Å². The molecule has 1 amide bonds. The first-order valence-corrected chi connectivity index (χ1v) is 5.11. The Morgan fingerprint density at radius 3 is 2.88 bits per heavy atom. The molecule has 0 aliphatic carbocycles. The van der Waals surface area contributed by atoms with Crippen molar-refractivity contribution in [1.82, 2.24) is 4.98 Å². The van der Waals surface area contributed by atoms with Gasteiger partial charge in [-0.2, -0.15) is 0 Å². The van der Waals surface area contributed by atoms with Crippen molar-refractivity contribution in [2.75, 3.05) is 5.73 Å². The number of nitrogens with zero attached hydrogens (tertiary/aromatic N) is 1.